The quantitative estimate of drug-likeness (QED) is 0.691. The van der Waals surface area contributed by atoms with Crippen LogP contribution in [-0.4, -0.2) is 43.5 Å². The number of aliphatic carboxylic acids is 1. The number of carboxylic acid groups (broad SMARTS) is 1. The van der Waals surface area contributed by atoms with Gasteiger partial charge in [0.05, 0.1) is 18.9 Å². The molecule has 20 heavy (non-hydrogen) atoms. The standard InChI is InChI=1S/C10H11Br2NO5S2/c1-20(17,18)3-2-6(10(15)16)13-9(14)5-4-7(11)19-8(5)12/h4,6H,2-3H2,1H3,(H,13,14)(H,15,16). The average molecular weight is 449 g/mol. The zero-order chi connectivity index (χ0) is 15.5. The van der Waals surface area contributed by atoms with Crippen molar-refractivity contribution in [1.29, 1.82) is 0 Å². The van der Waals surface area contributed by atoms with Gasteiger partial charge in [-0.25, -0.2) is 13.2 Å². The van der Waals surface area contributed by atoms with E-state index in [9.17, 15) is 18.0 Å². The van der Waals surface area contributed by atoms with E-state index in [1.807, 2.05) is 0 Å². The van der Waals surface area contributed by atoms with E-state index in [0.29, 0.717) is 9.35 Å². The van der Waals surface area contributed by atoms with Crippen LogP contribution in [0.25, 0.3) is 0 Å². The van der Waals surface area contributed by atoms with Crippen LogP contribution in [0, 0.1) is 0 Å². The number of sulfone groups is 1. The predicted octanol–water partition coefficient (Wildman–Crippen LogP) is 1.89. The third-order valence-electron chi connectivity index (χ3n) is 2.28. The van der Waals surface area contributed by atoms with Crippen LogP contribution in [0.15, 0.2) is 13.6 Å². The second-order valence-electron chi connectivity index (χ2n) is 4.02. The van der Waals surface area contributed by atoms with E-state index in [1.165, 1.54) is 11.3 Å². The lowest BCUT2D eigenvalue weighted by Gasteiger charge is -2.13. The largest absolute Gasteiger partial charge is 0.480 e. The number of hydrogen-bond acceptors (Lipinski definition) is 5. The fourth-order valence-electron chi connectivity index (χ4n) is 1.32. The molecule has 0 saturated heterocycles. The van der Waals surface area contributed by atoms with Gasteiger partial charge in [-0.3, -0.25) is 4.79 Å². The minimum absolute atomic E-state index is 0.178. The Labute approximate surface area is 136 Å². The van der Waals surface area contributed by atoms with E-state index in [1.54, 1.807) is 6.07 Å². The van der Waals surface area contributed by atoms with Gasteiger partial charge in [-0.1, -0.05) is 0 Å². The number of thiophene rings is 1. The lowest BCUT2D eigenvalue weighted by Crippen LogP contribution is -2.41. The number of amides is 1. The van der Waals surface area contributed by atoms with Gasteiger partial charge in [-0.15, -0.1) is 11.3 Å². The normalized spacial score (nSPS) is 12.9. The van der Waals surface area contributed by atoms with Gasteiger partial charge < -0.3 is 10.4 Å². The molecule has 0 saturated carbocycles. The van der Waals surface area contributed by atoms with Gasteiger partial charge in [0.15, 0.2) is 0 Å². The monoisotopic (exact) mass is 447 g/mol. The molecule has 6 nitrogen and oxygen atoms in total. The Kier molecular flexibility index (Phi) is 6.17. The first-order chi connectivity index (χ1) is 9.10. The van der Waals surface area contributed by atoms with Crippen molar-refractivity contribution in [2.45, 2.75) is 12.5 Å². The summed E-state index contributed by atoms with van der Waals surface area (Å²) in [6.07, 6.45) is 0.836. The second-order valence-corrected chi connectivity index (χ2v) is 10.0. The first-order valence-corrected chi connectivity index (χ1v) is 9.72. The maximum atomic E-state index is 12.0. The summed E-state index contributed by atoms with van der Waals surface area (Å²) >= 11 is 7.70. The van der Waals surface area contributed by atoms with Crippen LogP contribution >= 0.6 is 43.2 Å². The molecular weight excluding hydrogens is 438 g/mol. The molecular formula is C10H11Br2NO5S2. The van der Waals surface area contributed by atoms with Crippen LogP contribution in [0.4, 0.5) is 0 Å². The van der Waals surface area contributed by atoms with Crippen LogP contribution < -0.4 is 5.32 Å². The molecule has 1 rings (SSSR count). The SMILES string of the molecule is CS(=O)(=O)CCC(NC(=O)c1cc(Br)sc1Br)C(=O)O. The lowest BCUT2D eigenvalue weighted by atomic mass is 10.2. The van der Waals surface area contributed by atoms with E-state index in [-0.39, 0.29) is 12.2 Å². The summed E-state index contributed by atoms with van der Waals surface area (Å²) in [4.78, 5) is 23.0. The summed E-state index contributed by atoms with van der Waals surface area (Å²) in [5, 5.41) is 11.3. The Hall–Kier alpha value is -0.450. The molecule has 0 radical (unpaired) electrons. The minimum atomic E-state index is -3.29. The van der Waals surface area contributed by atoms with Crippen LogP contribution in [0.5, 0.6) is 0 Å². The van der Waals surface area contributed by atoms with Crippen molar-refractivity contribution < 1.29 is 23.1 Å². The van der Waals surface area contributed by atoms with Crippen molar-refractivity contribution in [3.63, 3.8) is 0 Å². The summed E-state index contributed by atoms with van der Waals surface area (Å²) in [6.45, 7) is 0. The summed E-state index contributed by atoms with van der Waals surface area (Å²) in [7, 11) is -3.29. The molecule has 1 aromatic heterocycles. The van der Waals surface area contributed by atoms with Crippen molar-refractivity contribution in [2.24, 2.45) is 0 Å². The van der Waals surface area contributed by atoms with Crippen LogP contribution in [0.2, 0.25) is 0 Å². The Morgan fingerprint density at radius 1 is 1.45 bits per heavy atom. The molecule has 1 aromatic rings. The molecule has 1 unspecified atom stereocenters. The molecule has 0 aromatic carbocycles. The van der Waals surface area contributed by atoms with Gasteiger partial charge in [0, 0.05) is 6.26 Å². The van der Waals surface area contributed by atoms with E-state index < -0.39 is 27.8 Å². The maximum absolute atomic E-state index is 12.0. The summed E-state index contributed by atoms with van der Waals surface area (Å²) < 4.78 is 23.4. The molecule has 0 fully saturated rings. The fourth-order valence-corrected chi connectivity index (χ4v) is 4.78. The van der Waals surface area contributed by atoms with Crippen molar-refractivity contribution >= 4 is 64.9 Å². The third-order valence-corrected chi connectivity index (χ3v) is 5.60. The van der Waals surface area contributed by atoms with Crippen molar-refractivity contribution in [3.05, 3.63) is 19.2 Å². The van der Waals surface area contributed by atoms with Gasteiger partial charge in [0.25, 0.3) is 5.91 Å². The Balaban J connectivity index is 2.78. The van der Waals surface area contributed by atoms with Gasteiger partial charge in [0.2, 0.25) is 0 Å². The number of carboxylic acids is 1. The number of carbonyl (C=O) groups excluding carboxylic acids is 1. The smallest absolute Gasteiger partial charge is 0.326 e. The summed E-state index contributed by atoms with van der Waals surface area (Å²) in [5.74, 6) is -2.15. The summed E-state index contributed by atoms with van der Waals surface area (Å²) in [5.41, 5.74) is 0.299. The van der Waals surface area contributed by atoms with Crippen LogP contribution in [0.1, 0.15) is 16.8 Å². The zero-order valence-corrected chi connectivity index (χ0v) is 15.0. The van der Waals surface area contributed by atoms with Crippen molar-refractivity contribution in [2.75, 3.05) is 12.0 Å². The predicted molar refractivity (Wildman–Crippen MR) is 82.9 cm³/mol. The first kappa shape index (κ1) is 17.6. The Bertz CT molecular complexity index is 626. The molecule has 1 atom stereocenters. The molecule has 0 aliphatic heterocycles. The highest BCUT2D eigenvalue weighted by Gasteiger charge is 2.24. The highest BCUT2D eigenvalue weighted by atomic mass is 79.9. The number of nitrogens with one attached hydrogen (secondary N) is 1. The molecule has 1 amide bonds. The minimum Gasteiger partial charge on any atom is -0.480 e. The molecule has 0 aliphatic carbocycles. The van der Waals surface area contributed by atoms with Crippen LogP contribution in [-0.2, 0) is 14.6 Å². The highest BCUT2D eigenvalue weighted by Crippen LogP contribution is 2.31. The topological polar surface area (TPSA) is 101 Å². The average Bonchev–Trinajstić information content (AvgIpc) is 2.61. The van der Waals surface area contributed by atoms with Crippen LogP contribution in [0.3, 0.4) is 0 Å². The zero-order valence-electron chi connectivity index (χ0n) is 10.2. The third kappa shape index (κ3) is 5.51. The van der Waals surface area contributed by atoms with Crippen molar-refractivity contribution in [1.82, 2.24) is 5.32 Å². The number of rotatable bonds is 6. The Morgan fingerprint density at radius 3 is 2.45 bits per heavy atom. The number of halogens is 2. The van der Waals surface area contributed by atoms with E-state index in [4.69, 9.17) is 5.11 Å². The first-order valence-electron chi connectivity index (χ1n) is 5.26. The van der Waals surface area contributed by atoms with Gasteiger partial charge in [0.1, 0.15) is 15.9 Å². The number of hydrogen-bond donors (Lipinski definition) is 2. The molecule has 0 bridgehead atoms. The molecule has 112 valence electrons. The van der Waals surface area contributed by atoms with Gasteiger partial charge in [-0.2, -0.15) is 0 Å². The molecule has 2 N–H and O–H groups in total. The van der Waals surface area contributed by atoms with Gasteiger partial charge >= 0.3 is 5.97 Å². The van der Waals surface area contributed by atoms with E-state index >= 15 is 0 Å². The molecule has 0 spiro atoms. The molecule has 10 heteroatoms. The molecule has 0 aliphatic rings. The van der Waals surface area contributed by atoms with Crippen molar-refractivity contribution in [3.8, 4) is 0 Å². The molecule has 1 heterocycles. The van der Waals surface area contributed by atoms with E-state index in [2.05, 4.69) is 37.2 Å². The Morgan fingerprint density at radius 2 is 2.05 bits per heavy atom. The van der Waals surface area contributed by atoms with Gasteiger partial charge in [-0.05, 0) is 44.3 Å². The summed E-state index contributed by atoms with van der Waals surface area (Å²) in [6, 6.07) is 0.308. The van der Waals surface area contributed by atoms with E-state index in [0.717, 1.165) is 10.0 Å². The fraction of sp³-hybridized carbons (Fsp3) is 0.400. The maximum Gasteiger partial charge on any atom is 0.326 e. The lowest BCUT2D eigenvalue weighted by molar-refractivity contribution is -0.139. The number of carbonyl (C=O) groups is 2. The second kappa shape index (κ2) is 7.01. The highest BCUT2D eigenvalue weighted by molar-refractivity contribution is 9.12.